The second-order valence-electron chi connectivity index (χ2n) is 6.82. The molecular formula is C17H30F2N6O. The summed E-state index contributed by atoms with van der Waals surface area (Å²) in [5.41, 5.74) is 0. The van der Waals surface area contributed by atoms with Gasteiger partial charge in [0.05, 0.1) is 13.1 Å². The van der Waals surface area contributed by atoms with Gasteiger partial charge < -0.3 is 15.2 Å². The summed E-state index contributed by atoms with van der Waals surface area (Å²) in [6, 6.07) is 0.248. The molecule has 9 heteroatoms. The maximum Gasteiger partial charge on any atom is 0.251 e. The van der Waals surface area contributed by atoms with Gasteiger partial charge in [-0.1, -0.05) is 19.0 Å². The molecule has 0 bridgehead atoms. The second kappa shape index (κ2) is 10.4. The van der Waals surface area contributed by atoms with Crippen LogP contribution in [0.1, 0.15) is 51.2 Å². The molecule has 0 atom stereocenters. The van der Waals surface area contributed by atoms with Crippen LogP contribution in [0.2, 0.25) is 0 Å². The molecule has 0 aliphatic carbocycles. The van der Waals surface area contributed by atoms with Gasteiger partial charge in [-0.25, -0.2) is 8.78 Å². The number of hydrogen-bond acceptors (Lipinski definition) is 5. The summed E-state index contributed by atoms with van der Waals surface area (Å²) < 4.78 is 30.1. The summed E-state index contributed by atoms with van der Waals surface area (Å²) in [4.78, 5) is 10.7. The third-order valence-electron chi connectivity index (χ3n) is 4.26. The van der Waals surface area contributed by atoms with Crippen molar-refractivity contribution in [1.82, 2.24) is 25.7 Å². The summed E-state index contributed by atoms with van der Waals surface area (Å²) in [5, 5.41) is 10.6. The summed E-state index contributed by atoms with van der Waals surface area (Å²) >= 11 is 0. The lowest BCUT2D eigenvalue weighted by molar-refractivity contribution is 0.0744. The highest BCUT2D eigenvalue weighted by Gasteiger charge is 2.22. The van der Waals surface area contributed by atoms with Gasteiger partial charge in [-0.3, -0.25) is 9.89 Å². The van der Waals surface area contributed by atoms with E-state index in [1.807, 2.05) is 25.7 Å². The fraction of sp³-hybridized carbons (Fsp3) is 0.824. The zero-order valence-electron chi connectivity index (χ0n) is 15.8. The van der Waals surface area contributed by atoms with Crippen LogP contribution in [0, 0.1) is 0 Å². The highest BCUT2D eigenvalue weighted by Crippen LogP contribution is 2.12. The van der Waals surface area contributed by atoms with Gasteiger partial charge in [0, 0.05) is 38.0 Å². The standard InChI is InChI=1S/C17H30F2N6O/c1-4-20-17(21-8-5-15-23-16(12(2)3)24-26-15)22-13-6-9-25(10-7-13)11-14(18)19/h12-14H,4-11H2,1-3H3,(H2,20,21,22). The van der Waals surface area contributed by atoms with E-state index in [-0.39, 0.29) is 18.5 Å². The van der Waals surface area contributed by atoms with Crippen LogP contribution in [0.15, 0.2) is 9.52 Å². The van der Waals surface area contributed by atoms with Crippen molar-refractivity contribution in [1.29, 1.82) is 0 Å². The van der Waals surface area contributed by atoms with E-state index in [9.17, 15) is 8.78 Å². The van der Waals surface area contributed by atoms with Crippen LogP contribution in [0.5, 0.6) is 0 Å². The first-order valence-corrected chi connectivity index (χ1v) is 9.35. The van der Waals surface area contributed by atoms with Crippen molar-refractivity contribution in [2.24, 2.45) is 4.99 Å². The van der Waals surface area contributed by atoms with Gasteiger partial charge in [0.1, 0.15) is 0 Å². The van der Waals surface area contributed by atoms with Crippen LogP contribution < -0.4 is 10.6 Å². The molecule has 1 fully saturated rings. The van der Waals surface area contributed by atoms with Crippen LogP contribution in [-0.4, -0.2) is 66.2 Å². The maximum atomic E-state index is 12.4. The molecule has 2 N–H and O–H groups in total. The van der Waals surface area contributed by atoms with Crippen molar-refractivity contribution in [3.8, 4) is 0 Å². The van der Waals surface area contributed by atoms with Gasteiger partial charge in [-0.05, 0) is 19.8 Å². The average Bonchev–Trinajstić information content (AvgIpc) is 3.05. The molecule has 0 amide bonds. The normalized spacial score (nSPS) is 17.3. The molecule has 0 spiro atoms. The lowest BCUT2D eigenvalue weighted by Crippen LogP contribution is -2.49. The summed E-state index contributed by atoms with van der Waals surface area (Å²) in [6.07, 6.45) is -0.0143. The van der Waals surface area contributed by atoms with E-state index in [0.29, 0.717) is 37.8 Å². The molecule has 0 saturated carbocycles. The molecule has 1 aromatic rings. The molecule has 0 unspecified atom stereocenters. The largest absolute Gasteiger partial charge is 0.357 e. The number of nitrogens with one attached hydrogen (secondary N) is 2. The van der Waals surface area contributed by atoms with Gasteiger partial charge in [-0.2, -0.15) is 4.98 Å². The molecule has 1 aliphatic heterocycles. The monoisotopic (exact) mass is 372 g/mol. The Morgan fingerprint density at radius 1 is 1.35 bits per heavy atom. The molecule has 2 rings (SSSR count). The highest BCUT2D eigenvalue weighted by atomic mass is 19.3. The smallest absolute Gasteiger partial charge is 0.251 e. The number of piperidine rings is 1. The molecule has 1 aromatic heterocycles. The van der Waals surface area contributed by atoms with Gasteiger partial charge in [0.2, 0.25) is 5.89 Å². The van der Waals surface area contributed by atoms with Crippen molar-refractivity contribution in [3.63, 3.8) is 0 Å². The second-order valence-corrected chi connectivity index (χ2v) is 6.82. The van der Waals surface area contributed by atoms with Gasteiger partial charge in [0.15, 0.2) is 11.8 Å². The Morgan fingerprint density at radius 3 is 2.65 bits per heavy atom. The molecule has 7 nitrogen and oxygen atoms in total. The fourth-order valence-electron chi connectivity index (χ4n) is 2.84. The van der Waals surface area contributed by atoms with Crippen molar-refractivity contribution in [2.75, 3.05) is 32.7 Å². The van der Waals surface area contributed by atoms with E-state index in [4.69, 9.17) is 4.52 Å². The van der Waals surface area contributed by atoms with Crippen LogP contribution >= 0.6 is 0 Å². The first kappa shape index (κ1) is 20.5. The van der Waals surface area contributed by atoms with Gasteiger partial charge in [-0.15, -0.1) is 0 Å². The number of likely N-dealkylation sites (tertiary alicyclic amines) is 1. The molecule has 1 aliphatic rings. The molecule has 2 heterocycles. The highest BCUT2D eigenvalue weighted by molar-refractivity contribution is 5.80. The predicted octanol–water partition coefficient (Wildman–Crippen LogP) is 2.02. The summed E-state index contributed by atoms with van der Waals surface area (Å²) in [6.45, 7) is 8.58. The van der Waals surface area contributed by atoms with Crippen molar-refractivity contribution in [3.05, 3.63) is 11.7 Å². The topological polar surface area (TPSA) is 78.6 Å². The Kier molecular flexibility index (Phi) is 8.21. The molecule has 26 heavy (non-hydrogen) atoms. The zero-order valence-corrected chi connectivity index (χ0v) is 15.8. The lowest BCUT2D eigenvalue weighted by Gasteiger charge is -2.32. The Morgan fingerprint density at radius 2 is 2.08 bits per heavy atom. The van der Waals surface area contributed by atoms with E-state index in [2.05, 4.69) is 25.8 Å². The number of hydrogen-bond donors (Lipinski definition) is 2. The van der Waals surface area contributed by atoms with Crippen LogP contribution in [0.4, 0.5) is 8.78 Å². The Balaban J connectivity index is 1.79. The Hall–Kier alpha value is -1.77. The maximum absolute atomic E-state index is 12.4. The number of halogens is 2. The number of aliphatic imine (C=N–C) groups is 1. The number of rotatable bonds is 8. The Labute approximate surface area is 153 Å². The first-order chi connectivity index (χ1) is 12.5. The van der Waals surface area contributed by atoms with Crippen molar-refractivity contribution < 1.29 is 13.3 Å². The number of guanidine groups is 1. The minimum absolute atomic E-state index is 0.135. The average molecular weight is 372 g/mol. The number of nitrogens with zero attached hydrogens (tertiary/aromatic N) is 4. The number of alkyl halides is 2. The SMILES string of the molecule is CCNC(=NCCc1nc(C(C)C)no1)NC1CCN(CC(F)F)CC1. The van der Waals surface area contributed by atoms with Crippen LogP contribution in [0.25, 0.3) is 0 Å². The molecule has 148 valence electrons. The van der Waals surface area contributed by atoms with Crippen molar-refractivity contribution >= 4 is 5.96 Å². The first-order valence-electron chi connectivity index (χ1n) is 9.35. The predicted molar refractivity (Wildman–Crippen MR) is 96.7 cm³/mol. The fourth-order valence-corrected chi connectivity index (χ4v) is 2.84. The third-order valence-corrected chi connectivity index (χ3v) is 4.26. The number of aromatic nitrogens is 2. The zero-order chi connectivity index (χ0) is 18.9. The van der Waals surface area contributed by atoms with E-state index in [1.165, 1.54) is 0 Å². The Bertz CT molecular complexity index is 555. The minimum atomic E-state index is -2.26. The third kappa shape index (κ3) is 6.86. The molecule has 0 radical (unpaired) electrons. The van der Waals surface area contributed by atoms with E-state index in [1.54, 1.807) is 0 Å². The summed E-state index contributed by atoms with van der Waals surface area (Å²) in [5.74, 6) is 2.28. The van der Waals surface area contributed by atoms with E-state index >= 15 is 0 Å². The molecule has 0 aromatic carbocycles. The molecule has 1 saturated heterocycles. The quantitative estimate of drug-likeness (QED) is 0.537. The van der Waals surface area contributed by atoms with Crippen molar-refractivity contribution in [2.45, 2.75) is 58.4 Å². The summed E-state index contributed by atoms with van der Waals surface area (Å²) in [7, 11) is 0. The van der Waals surface area contributed by atoms with E-state index in [0.717, 1.165) is 25.3 Å². The van der Waals surface area contributed by atoms with E-state index < -0.39 is 6.43 Å². The van der Waals surface area contributed by atoms with Crippen LogP contribution in [-0.2, 0) is 6.42 Å². The van der Waals surface area contributed by atoms with Crippen LogP contribution in [0.3, 0.4) is 0 Å². The minimum Gasteiger partial charge on any atom is -0.357 e. The van der Waals surface area contributed by atoms with Gasteiger partial charge >= 0.3 is 0 Å². The lowest BCUT2D eigenvalue weighted by atomic mass is 10.1. The van der Waals surface area contributed by atoms with Gasteiger partial charge in [0.25, 0.3) is 6.43 Å². The molecular weight excluding hydrogens is 342 g/mol.